The lowest BCUT2D eigenvalue weighted by molar-refractivity contribution is -0.159. The first kappa shape index (κ1) is 16.3. The van der Waals surface area contributed by atoms with Gasteiger partial charge in [-0.25, -0.2) is 9.59 Å². The summed E-state index contributed by atoms with van der Waals surface area (Å²) >= 11 is 0. The summed E-state index contributed by atoms with van der Waals surface area (Å²) in [5.74, 6) is -1.01. The number of rotatable bonds is 2. The summed E-state index contributed by atoms with van der Waals surface area (Å²) in [6, 6.07) is 8.66. The molecule has 1 atom stereocenters. The van der Waals surface area contributed by atoms with Gasteiger partial charge in [-0.1, -0.05) is 12.1 Å². The molecule has 0 saturated carbocycles. The van der Waals surface area contributed by atoms with Crippen molar-refractivity contribution in [1.29, 1.82) is 0 Å². The van der Waals surface area contributed by atoms with Gasteiger partial charge in [0.05, 0.1) is 7.11 Å². The number of carboxylic acid groups (broad SMARTS) is 2. The monoisotopic (exact) mass is 307 g/mol. The lowest BCUT2D eigenvalue weighted by Crippen LogP contribution is -2.46. The standard InChI is InChI=1S/C14H19NO.C2H2O4/c1-16-13-4-2-11(3-5-13)14-10-15-8-6-12(14)7-9-15;3-1(4)2(5)6/h2-5,12,14H,6-10H2,1H3;(H,3,4)(H,5,6). The SMILES string of the molecule is COc1ccc(C2CN3CCC2CC3)cc1.O=C(O)C(=O)O. The molecular formula is C16H21NO5. The number of methoxy groups -OCH3 is 1. The largest absolute Gasteiger partial charge is 0.497 e. The molecule has 3 aliphatic rings. The maximum absolute atomic E-state index is 9.10. The molecule has 120 valence electrons. The Morgan fingerprint density at radius 1 is 1.09 bits per heavy atom. The summed E-state index contributed by atoms with van der Waals surface area (Å²) in [7, 11) is 1.73. The van der Waals surface area contributed by atoms with Crippen LogP contribution < -0.4 is 4.74 Å². The second kappa shape index (κ2) is 7.26. The van der Waals surface area contributed by atoms with E-state index in [0.29, 0.717) is 0 Å². The third kappa shape index (κ3) is 3.98. The number of benzene rings is 1. The number of fused-ring (bicyclic) bond motifs is 3. The van der Waals surface area contributed by atoms with Crippen molar-refractivity contribution in [3.63, 3.8) is 0 Å². The predicted molar refractivity (Wildman–Crippen MR) is 80.2 cm³/mol. The quantitative estimate of drug-likeness (QED) is 0.808. The predicted octanol–water partition coefficient (Wildman–Crippen LogP) is 1.66. The Balaban J connectivity index is 0.000000254. The highest BCUT2D eigenvalue weighted by molar-refractivity contribution is 6.27. The van der Waals surface area contributed by atoms with Crippen LogP contribution in [0.4, 0.5) is 0 Å². The van der Waals surface area contributed by atoms with Gasteiger partial charge in [-0.05, 0) is 55.5 Å². The van der Waals surface area contributed by atoms with Crippen molar-refractivity contribution in [3.8, 4) is 5.75 Å². The highest BCUT2D eigenvalue weighted by Crippen LogP contribution is 2.39. The van der Waals surface area contributed by atoms with Crippen molar-refractivity contribution in [2.75, 3.05) is 26.7 Å². The van der Waals surface area contributed by atoms with E-state index in [9.17, 15) is 0 Å². The van der Waals surface area contributed by atoms with E-state index in [1.165, 1.54) is 38.0 Å². The van der Waals surface area contributed by atoms with Gasteiger partial charge in [0.1, 0.15) is 5.75 Å². The molecule has 3 heterocycles. The fourth-order valence-electron chi connectivity index (χ4n) is 3.19. The van der Waals surface area contributed by atoms with E-state index in [4.69, 9.17) is 24.5 Å². The zero-order valence-corrected chi connectivity index (χ0v) is 12.6. The molecule has 0 spiro atoms. The molecule has 3 aliphatic heterocycles. The van der Waals surface area contributed by atoms with Crippen LogP contribution in [0.1, 0.15) is 24.3 Å². The minimum absolute atomic E-state index is 0.758. The van der Waals surface area contributed by atoms with E-state index in [1.807, 2.05) is 0 Å². The molecule has 1 aromatic rings. The molecule has 0 aliphatic carbocycles. The fourth-order valence-corrected chi connectivity index (χ4v) is 3.19. The molecule has 0 aromatic heterocycles. The molecule has 2 N–H and O–H groups in total. The fraction of sp³-hybridized carbons (Fsp3) is 0.500. The van der Waals surface area contributed by atoms with Crippen molar-refractivity contribution in [3.05, 3.63) is 29.8 Å². The maximum Gasteiger partial charge on any atom is 0.414 e. The molecule has 4 rings (SSSR count). The van der Waals surface area contributed by atoms with E-state index in [-0.39, 0.29) is 0 Å². The second-order valence-electron chi connectivity index (χ2n) is 5.63. The second-order valence-corrected chi connectivity index (χ2v) is 5.63. The molecular weight excluding hydrogens is 286 g/mol. The van der Waals surface area contributed by atoms with Crippen LogP contribution in [0, 0.1) is 5.92 Å². The van der Waals surface area contributed by atoms with Crippen molar-refractivity contribution < 1.29 is 24.5 Å². The minimum Gasteiger partial charge on any atom is -0.497 e. The van der Waals surface area contributed by atoms with Crippen LogP contribution in [0.15, 0.2) is 24.3 Å². The molecule has 1 aromatic carbocycles. The molecule has 3 fully saturated rings. The third-order valence-electron chi connectivity index (χ3n) is 4.38. The molecule has 0 radical (unpaired) electrons. The minimum atomic E-state index is -1.82. The van der Waals surface area contributed by atoms with Gasteiger partial charge >= 0.3 is 11.9 Å². The highest BCUT2D eigenvalue weighted by atomic mass is 16.5. The van der Waals surface area contributed by atoms with E-state index < -0.39 is 11.9 Å². The average molecular weight is 307 g/mol. The molecule has 22 heavy (non-hydrogen) atoms. The van der Waals surface area contributed by atoms with Gasteiger partial charge in [-0.2, -0.15) is 0 Å². The Labute approximate surface area is 129 Å². The maximum atomic E-state index is 9.10. The Bertz CT molecular complexity index is 508. The van der Waals surface area contributed by atoms with Crippen molar-refractivity contribution in [2.24, 2.45) is 5.92 Å². The summed E-state index contributed by atoms with van der Waals surface area (Å²) in [6.07, 6.45) is 2.77. The lowest BCUT2D eigenvalue weighted by atomic mass is 9.75. The normalized spacial score (nSPS) is 25.8. The first-order valence-corrected chi connectivity index (χ1v) is 7.33. The van der Waals surface area contributed by atoms with Gasteiger partial charge in [0.15, 0.2) is 0 Å². The van der Waals surface area contributed by atoms with Crippen LogP contribution in [0.5, 0.6) is 5.75 Å². The van der Waals surface area contributed by atoms with E-state index in [2.05, 4.69) is 29.2 Å². The molecule has 6 heteroatoms. The zero-order valence-electron chi connectivity index (χ0n) is 12.6. The molecule has 2 bridgehead atoms. The molecule has 6 nitrogen and oxygen atoms in total. The summed E-state index contributed by atoms with van der Waals surface area (Å²) in [5, 5.41) is 14.8. The number of nitrogens with zero attached hydrogens (tertiary/aromatic N) is 1. The number of carboxylic acids is 2. The Morgan fingerprint density at radius 2 is 1.64 bits per heavy atom. The molecule has 1 unspecified atom stereocenters. The first-order chi connectivity index (χ1) is 10.5. The van der Waals surface area contributed by atoms with Crippen LogP contribution in [0.25, 0.3) is 0 Å². The number of hydrogen-bond donors (Lipinski definition) is 2. The van der Waals surface area contributed by atoms with Crippen molar-refractivity contribution in [2.45, 2.75) is 18.8 Å². The van der Waals surface area contributed by atoms with Gasteiger partial charge in [0, 0.05) is 6.54 Å². The van der Waals surface area contributed by atoms with E-state index in [1.54, 1.807) is 7.11 Å². The van der Waals surface area contributed by atoms with Crippen LogP contribution in [0.2, 0.25) is 0 Å². The van der Waals surface area contributed by atoms with Gasteiger partial charge in [0.25, 0.3) is 0 Å². The zero-order chi connectivity index (χ0) is 16.1. The van der Waals surface area contributed by atoms with Crippen LogP contribution in [-0.4, -0.2) is 53.8 Å². The van der Waals surface area contributed by atoms with Gasteiger partial charge in [-0.15, -0.1) is 0 Å². The van der Waals surface area contributed by atoms with Crippen molar-refractivity contribution >= 4 is 11.9 Å². The number of piperidine rings is 3. The van der Waals surface area contributed by atoms with E-state index >= 15 is 0 Å². The average Bonchev–Trinajstić information content (AvgIpc) is 2.56. The summed E-state index contributed by atoms with van der Waals surface area (Å²) in [4.78, 5) is 20.8. The number of carbonyl (C=O) groups is 2. The molecule has 3 saturated heterocycles. The number of aliphatic carboxylic acids is 2. The van der Waals surface area contributed by atoms with Gasteiger partial charge in [0.2, 0.25) is 0 Å². The van der Waals surface area contributed by atoms with Crippen LogP contribution in [-0.2, 0) is 9.59 Å². The summed E-state index contributed by atoms with van der Waals surface area (Å²) < 4.78 is 5.21. The van der Waals surface area contributed by atoms with Crippen LogP contribution >= 0.6 is 0 Å². The van der Waals surface area contributed by atoms with Crippen molar-refractivity contribution in [1.82, 2.24) is 4.90 Å². The number of ether oxygens (including phenoxy) is 1. The Morgan fingerprint density at radius 3 is 2.00 bits per heavy atom. The van der Waals surface area contributed by atoms with Gasteiger partial charge in [-0.3, -0.25) is 0 Å². The number of hydrogen-bond acceptors (Lipinski definition) is 4. The summed E-state index contributed by atoms with van der Waals surface area (Å²) in [5.41, 5.74) is 1.50. The lowest BCUT2D eigenvalue weighted by Gasteiger charge is -2.45. The smallest absolute Gasteiger partial charge is 0.414 e. The van der Waals surface area contributed by atoms with Gasteiger partial charge < -0.3 is 19.8 Å². The summed E-state index contributed by atoms with van der Waals surface area (Å²) in [6.45, 7) is 3.89. The Hall–Kier alpha value is -2.08. The van der Waals surface area contributed by atoms with E-state index in [0.717, 1.165) is 17.6 Å². The third-order valence-corrected chi connectivity index (χ3v) is 4.38. The van der Waals surface area contributed by atoms with Crippen LogP contribution in [0.3, 0.4) is 0 Å². The topological polar surface area (TPSA) is 87.1 Å². The molecule has 0 amide bonds. The Kier molecular flexibility index (Phi) is 5.38. The first-order valence-electron chi connectivity index (χ1n) is 7.33. The highest BCUT2D eigenvalue weighted by Gasteiger charge is 2.34.